The highest BCUT2D eigenvalue weighted by molar-refractivity contribution is 8.33. The molecule has 0 aromatic carbocycles. The lowest BCUT2D eigenvalue weighted by Crippen LogP contribution is -2.12. The molecule has 0 aromatic heterocycles. The zero-order chi connectivity index (χ0) is 31.2. The maximum Gasteiger partial charge on any atom is 1.04 e. The first kappa shape index (κ1) is 47.6. The van der Waals surface area contributed by atoms with E-state index in [0.29, 0.717) is 0 Å². The van der Waals surface area contributed by atoms with Gasteiger partial charge in [0.05, 0.1) is 0 Å². The molecule has 0 aliphatic heterocycles. The Morgan fingerprint density at radius 2 is 0.444 bits per heavy atom. The molecule has 0 fully saturated rings. The molecule has 0 amide bonds. The molecule has 0 saturated carbocycles. The minimum Gasteiger partial charge on any atom is -0.346 e. The normalized spacial score (nSPS) is 16.0. The smallest absolute Gasteiger partial charge is 0.346 e. The van der Waals surface area contributed by atoms with Crippen LogP contribution in [0.2, 0.25) is 0 Å². The van der Waals surface area contributed by atoms with E-state index in [1.54, 1.807) is 0 Å². The minimum absolute atomic E-state index is 3.12. The maximum absolute atomic E-state index is 9.81. The summed E-state index contributed by atoms with van der Waals surface area (Å²) in [5.74, 6) is 0. The van der Waals surface area contributed by atoms with Crippen molar-refractivity contribution in [3.8, 4) is 0 Å². The third kappa shape index (κ3) is 111. The Balaban J connectivity index is -0.000000121. The van der Waals surface area contributed by atoms with Crippen molar-refractivity contribution in [2.75, 3.05) is 0 Å². The van der Waals surface area contributed by atoms with Crippen LogP contribution in [0.1, 0.15) is 0 Å². The molecule has 0 rings (SSSR count). The Hall–Kier alpha value is 1.77. The molecule has 0 aliphatic carbocycles. The van der Waals surface area contributed by atoms with Crippen molar-refractivity contribution in [2.24, 2.45) is 0 Å². The quantitative estimate of drug-likeness (QED) is 0.152. The van der Waals surface area contributed by atoms with Crippen LogP contribution in [0, 0.1) is 0 Å². The lowest BCUT2D eigenvalue weighted by molar-refractivity contribution is 0.211. The molecular weight excluding hydrogens is 708 g/mol. The van der Waals surface area contributed by atoms with E-state index in [1.807, 2.05) is 0 Å². The van der Waals surface area contributed by atoms with E-state index in [-0.39, 0.29) is 0 Å². The van der Waals surface area contributed by atoms with Crippen LogP contribution in [0.25, 0.3) is 0 Å². The summed E-state index contributed by atoms with van der Waals surface area (Å²) < 4.78 is 210. The summed E-state index contributed by atoms with van der Waals surface area (Å²) in [5.41, 5.74) is 0. The number of hydrogen-bond acceptors (Lipinski definition) is 25. The molecular formula is H22AlF3O25S7. The Bertz CT molecular complexity index is 462. The topological polar surface area (TPSA) is 473 Å². The predicted octanol–water partition coefficient (Wildman–Crippen LogP) is 5.40. The lowest BCUT2D eigenvalue weighted by Gasteiger charge is -2.32. The first-order valence-electron chi connectivity index (χ1n) is 5.67. The Labute approximate surface area is 214 Å². The van der Waals surface area contributed by atoms with Crippen LogP contribution in [-0.4, -0.2) is 116 Å². The van der Waals surface area contributed by atoms with Gasteiger partial charge in [-0.1, -0.05) is 0 Å². The maximum atomic E-state index is 9.81. The summed E-state index contributed by atoms with van der Waals surface area (Å²) >= 11 is -36.3. The van der Waals surface area contributed by atoms with Crippen molar-refractivity contribution in [3.05, 3.63) is 0 Å². The largest absolute Gasteiger partial charge is 1.04 e. The fraction of sp³-hybridized carbons (Fsp3) is 0. The molecule has 0 heterocycles. The van der Waals surface area contributed by atoms with Crippen LogP contribution in [0.15, 0.2) is 0 Å². The van der Waals surface area contributed by atoms with Gasteiger partial charge >= 0.3 is 15.5 Å². The van der Waals surface area contributed by atoms with Gasteiger partial charge in [0.2, 0.25) is 78.1 Å². The van der Waals surface area contributed by atoms with Crippen LogP contribution in [-0.2, 0) is 10.9 Å². The Morgan fingerprint density at radius 1 is 0.333 bits per heavy atom. The van der Waals surface area contributed by atoms with E-state index >= 15 is 0 Å². The molecule has 22 N–H and O–H groups in total. The van der Waals surface area contributed by atoms with Gasteiger partial charge in [0.25, 0.3) is 0 Å². The van der Waals surface area contributed by atoms with Crippen molar-refractivity contribution in [3.63, 3.8) is 0 Å². The average Bonchev–Trinajstić information content (AvgIpc) is 2.20. The SMILES string of the molecule is OS(O)(O)O.OS(O)(O)O.OS(O)(O)OS(O)(O)O.OS(O)(O)OS(O)(O)OS(O)(O)O.[F][Al]([F])[F]. The van der Waals surface area contributed by atoms with Gasteiger partial charge < -0.3 is 10.6 Å². The van der Waals surface area contributed by atoms with Crippen molar-refractivity contribution in [1.82, 2.24) is 0 Å². The summed E-state index contributed by atoms with van der Waals surface area (Å²) in [6.45, 7) is 0. The van der Waals surface area contributed by atoms with Crippen LogP contribution in [0.5, 0.6) is 0 Å². The van der Waals surface area contributed by atoms with Gasteiger partial charge in [0.1, 0.15) is 0 Å². The minimum atomic E-state index is -4.82. The molecule has 36 heavy (non-hydrogen) atoms. The average molecular weight is 731 g/mol. The van der Waals surface area contributed by atoms with Crippen LogP contribution >= 0.6 is 78.1 Å². The zero-order valence-corrected chi connectivity index (χ0v) is 22.5. The standard InChI is InChI=1S/Al.3FH.H8O10S3.H6O7S2.2H4O4S/c;;;;1-11(2,3)9-13(7,8)10-12(4,5)6;1-8(2,3)7-9(4,5)6;2*1-5(2,3)4/h;3*1H;1-8H;1-6H;2*1-4H/q+3;;;;;;;/p-3. The second-order valence-electron chi connectivity index (χ2n) is 3.75. The van der Waals surface area contributed by atoms with Gasteiger partial charge in [-0.15, -0.1) is 10.9 Å². The molecule has 0 radical (unpaired) electrons. The van der Waals surface area contributed by atoms with Crippen LogP contribution < -0.4 is 0 Å². The fourth-order valence-electron chi connectivity index (χ4n) is 0.372. The summed E-state index contributed by atoms with van der Waals surface area (Å²) in [6, 6.07) is 0. The van der Waals surface area contributed by atoms with E-state index in [2.05, 4.69) is 10.9 Å². The third-order valence-electron chi connectivity index (χ3n) is 0.542. The van der Waals surface area contributed by atoms with Crippen molar-refractivity contribution in [2.45, 2.75) is 0 Å². The predicted molar refractivity (Wildman–Crippen MR) is 123 cm³/mol. The molecule has 25 nitrogen and oxygen atoms in total. The summed E-state index contributed by atoms with van der Waals surface area (Å²) in [6.07, 6.45) is 0. The second-order valence-corrected chi connectivity index (χ2v) is 12.5. The zero-order valence-electron chi connectivity index (χ0n) is 15.6. The van der Waals surface area contributed by atoms with Crippen molar-refractivity contribution >= 4 is 93.6 Å². The molecule has 36 heteroatoms. The fourth-order valence-corrected chi connectivity index (χ4v) is 3.55. The van der Waals surface area contributed by atoms with Gasteiger partial charge in [-0.05, 0) is 0 Å². The van der Waals surface area contributed by atoms with Gasteiger partial charge in [0.15, 0.2) is 0 Å². The van der Waals surface area contributed by atoms with Crippen LogP contribution in [0.3, 0.4) is 0 Å². The number of halogens is 3. The van der Waals surface area contributed by atoms with Crippen molar-refractivity contribution in [1.29, 1.82) is 0 Å². The highest BCUT2D eigenvalue weighted by Crippen LogP contribution is 2.61. The second kappa shape index (κ2) is 19.0. The third-order valence-corrected chi connectivity index (χ3v) is 4.88. The number of hydrogen-bond donors (Lipinski definition) is 22. The highest BCUT2D eigenvalue weighted by atomic mass is 32.4. The molecule has 0 bridgehead atoms. The van der Waals surface area contributed by atoms with Gasteiger partial charge in [-0.3, -0.25) is 100 Å². The molecule has 0 aromatic rings. The molecule has 0 aliphatic rings. The van der Waals surface area contributed by atoms with Crippen molar-refractivity contribution < 1.29 is 122 Å². The molecule has 238 valence electrons. The van der Waals surface area contributed by atoms with E-state index in [1.165, 1.54) is 0 Å². The van der Waals surface area contributed by atoms with E-state index < -0.39 is 93.6 Å². The number of rotatable bonds is 6. The van der Waals surface area contributed by atoms with E-state index in [4.69, 9.17) is 100 Å². The van der Waals surface area contributed by atoms with E-state index in [0.717, 1.165) is 0 Å². The Kier molecular flexibility index (Phi) is 25.1. The summed E-state index contributed by atoms with van der Waals surface area (Å²) in [7, 11) is 0. The highest BCUT2D eigenvalue weighted by Gasteiger charge is 2.36. The molecule has 0 saturated heterocycles. The van der Waals surface area contributed by atoms with Gasteiger partial charge in [-0.25, -0.2) is 0 Å². The molecule has 0 atom stereocenters. The molecule has 0 spiro atoms. The van der Waals surface area contributed by atoms with E-state index in [9.17, 15) is 10.6 Å². The Morgan fingerprint density at radius 3 is 0.500 bits per heavy atom. The lowest BCUT2D eigenvalue weighted by atomic mass is 15.7. The van der Waals surface area contributed by atoms with Crippen LogP contribution in [0.4, 0.5) is 10.6 Å². The first-order chi connectivity index (χ1) is 14.9. The van der Waals surface area contributed by atoms with Gasteiger partial charge in [0, 0.05) is 0 Å². The monoisotopic (exact) mass is 730 g/mol. The van der Waals surface area contributed by atoms with Gasteiger partial charge in [-0.2, -0.15) is 0 Å². The summed E-state index contributed by atoms with van der Waals surface area (Å²) in [4.78, 5) is 0. The first-order valence-corrected chi connectivity index (χ1v) is 17.0. The molecule has 0 unspecified atom stereocenters. The summed E-state index contributed by atoms with van der Waals surface area (Å²) in [5, 5.41) is 0.